The van der Waals surface area contributed by atoms with Gasteiger partial charge in [0.2, 0.25) is 0 Å². The fourth-order valence-electron chi connectivity index (χ4n) is 0.217. The second-order valence-corrected chi connectivity index (χ2v) is 1.12. The van der Waals surface area contributed by atoms with E-state index in [2.05, 4.69) is 20.9 Å². The maximum Gasteiger partial charge on any atom is 0.108 e. The molecule has 1 aliphatic heterocycles. The summed E-state index contributed by atoms with van der Waals surface area (Å²) >= 11 is 0. The highest BCUT2D eigenvalue weighted by molar-refractivity contribution is 4.39. The molecular formula is C2H6N2O2. The maximum absolute atomic E-state index is 4.20. The minimum Gasteiger partial charge on any atom is -0.149 e. The number of hydroxylamine groups is 2. The lowest BCUT2D eigenvalue weighted by molar-refractivity contribution is -0.316. The van der Waals surface area contributed by atoms with Crippen LogP contribution in [0.15, 0.2) is 0 Å². The van der Waals surface area contributed by atoms with Gasteiger partial charge in [-0.15, -0.1) is 20.9 Å². The highest BCUT2D eigenvalue weighted by atomic mass is 17.3. The van der Waals surface area contributed by atoms with Gasteiger partial charge in [0.1, 0.15) is 6.17 Å². The van der Waals surface area contributed by atoms with E-state index in [-0.39, 0.29) is 6.17 Å². The quantitative estimate of drug-likeness (QED) is 0.386. The van der Waals surface area contributed by atoms with Crippen LogP contribution in [0.1, 0.15) is 6.92 Å². The van der Waals surface area contributed by atoms with E-state index in [1.165, 1.54) is 0 Å². The van der Waals surface area contributed by atoms with E-state index in [0.29, 0.717) is 0 Å². The van der Waals surface area contributed by atoms with Gasteiger partial charge < -0.3 is 0 Å². The van der Waals surface area contributed by atoms with Crippen molar-refractivity contribution in [2.45, 2.75) is 13.1 Å². The second kappa shape index (κ2) is 1.53. The summed E-state index contributed by atoms with van der Waals surface area (Å²) < 4.78 is 0. The smallest absolute Gasteiger partial charge is 0.108 e. The summed E-state index contributed by atoms with van der Waals surface area (Å²) in [5.74, 6) is 0. The zero-order chi connectivity index (χ0) is 4.41. The van der Waals surface area contributed by atoms with Crippen LogP contribution in [0.25, 0.3) is 0 Å². The minimum absolute atomic E-state index is 0.102. The van der Waals surface area contributed by atoms with Crippen LogP contribution in [0.2, 0.25) is 0 Å². The summed E-state index contributed by atoms with van der Waals surface area (Å²) in [5, 5.41) is 0. The second-order valence-electron chi connectivity index (χ2n) is 1.12. The first-order valence-corrected chi connectivity index (χ1v) is 1.73. The lowest BCUT2D eigenvalue weighted by Gasteiger charge is -1.88. The van der Waals surface area contributed by atoms with E-state index in [1.807, 2.05) is 6.92 Å². The monoisotopic (exact) mass is 90.0 g/mol. The molecule has 0 aliphatic carbocycles. The lowest BCUT2D eigenvalue weighted by Crippen LogP contribution is -2.25. The summed E-state index contributed by atoms with van der Waals surface area (Å²) in [6.45, 7) is 1.87. The molecule has 1 heterocycles. The van der Waals surface area contributed by atoms with Crippen LogP contribution in [0.4, 0.5) is 0 Å². The Morgan fingerprint density at radius 1 is 1.33 bits per heavy atom. The van der Waals surface area contributed by atoms with Crippen molar-refractivity contribution in [1.29, 1.82) is 0 Å². The summed E-state index contributed by atoms with van der Waals surface area (Å²) in [7, 11) is 0. The largest absolute Gasteiger partial charge is 0.149 e. The molecule has 1 fully saturated rings. The molecule has 4 nitrogen and oxygen atoms in total. The summed E-state index contributed by atoms with van der Waals surface area (Å²) in [4.78, 5) is 8.39. The molecule has 1 saturated heterocycles. The minimum atomic E-state index is 0.102. The average Bonchev–Trinajstić information content (AvgIpc) is 1.86. The molecule has 0 spiro atoms. The Kier molecular flexibility index (Phi) is 1.02. The predicted molar refractivity (Wildman–Crippen MR) is 17.9 cm³/mol. The van der Waals surface area contributed by atoms with Crippen molar-refractivity contribution in [3.63, 3.8) is 0 Å². The zero-order valence-corrected chi connectivity index (χ0v) is 3.39. The normalized spacial score (nSPS) is 25.5. The molecule has 0 unspecified atom stereocenters. The van der Waals surface area contributed by atoms with E-state index >= 15 is 0 Å². The zero-order valence-electron chi connectivity index (χ0n) is 3.39. The van der Waals surface area contributed by atoms with Gasteiger partial charge in [0.25, 0.3) is 0 Å². The first-order chi connectivity index (χ1) is 2.89. The van der Waals surface area contributed by atoms with Gasteiger partial charge in [0.05, 0.1) is 0 Å². The fourth-order valence-corrected chi connectivity index (χ4v) is 0.217. The van der Waals surface area contributed by atoms with Crippen LogP contribution < -0.4 is 11.0 Å². The molecule has 0 aromatic rings. The maximum atomic E-state index is 4.20. The van der Waals surface area contributed by atoms with E-state index < -0.39 is 0 Å². The molecule has 1 rings (SSSR count). The first-order valence-electron chi connectivity index (χ1n) is 1.73. The SMILES string of the molecule is CC1NOON1. The Bertz CT molecular complexity index is 42.8. The fraction of sp³-hybridized carbons (Fsp3) is 1.00. The number of rotatable bonds is 0. The van der Waals surface area contributed by atoms with Crippen LogP contribution in [-0.4, -0.2) is 6.17 Å². The van der Waals surface area contributed by atoms with Crippen molar-refractivity contribution in [1.82, 2.24) is 11.0 Å². The van der Waals surface area contributed by atoms with Gasteiger partial charge in [-0.2, -0.15) is 0 Å². The third-order valence-corrected chi connectivity index (χ3v) is 0.491. The number of nitrogens with one attached hydrogen (secondary N) is 2. The summed E-state index contributed by atoms with van der Waals surface area (Å²) in [6.07, 6.45) is 0.102. The van der Waals surface area contributed by atoms with E-state index in [1.54, 1.807) is 0 Å². The Hall–Kier alpha value is -0.160. The third kappa shape index (κ3) is 0.662. The van der Waals surface area contributed by atoms with Gasteiger partial charge in [0.15, 0.2) is 0 Å². The van der Waals surface area contributed by atoms with Crippen molar-refractivity contribution in [3.05, 3.63) is 0 Å². The molecule has 36 valence electrons. The van der Waals surface area contributed by atoms with Crippen molar-refractivity contribution in [2.24, 2.45) is 0 Å². The van der Waals surface area contributed by atoms with Gasteiger partial charge in [-0.05, 0) is 6.92 Å². The predicted octanol–water partition coefficient (Wildman–Crippen LogP) is -0.697. The van der Waals surface area contributed by atoms with Crippen molar-refractivity contribution in [3.8, 4) is 0 Å². The third-order valence-electron chi connectivity index (χ3n) is 0.491. The van der Waals surface area contributed by atoms with Gasteiger partial charge in [-0.25, -0.2) is 0 Å². The summed E-state index contributed by atoms with van der Waals surface area (Å²) in [6, 6.07) is 0. The molecule has 2 N–H and O–H groups in total. The summed E-state index contributed by atoms with van der Waals surface area (Å²) in [5.41, 5.74) is 4.97. The Morgan fingerprint density at radius 3 is 2.00 bits per heavy atom. The van der Waals surface area contributed by atoms with Gasteiger partial charge in [-0.1, -0.05) is 0 Å². The highest BCUT2D eigenvalue weighted by Gasteiger charge is 2.06. The molecule has 4 heteroatoms. The molecule has 0 aromatic carbocycles. The van der Waals surface area contributed by atoms with Crippen LogP contribution in [0.5, 0.6) is 0 Å². The Labute approximate surface area is 35.3 Å². The Balaban J connectivity index is 2.18. The van der Waals surface area contributed by atoms with Crippen molar-refractivity contribution < 1.29 is 9.98 Å². The average molecular weight is 90.1 g/mol. The molecule has 1 aliphatic rings. The van der Waals surface area contributed by atoms with Crippen LogP contribution in [0, 0.1) is 0 Å². The standard InChI is InChI=1S/C2H6N2O2/c1-2-3-5-6-4-2/h2-4H,1H3. The van der Waals surface area contributed by atoms with Crippen LogP contribution in [0.3, 0.4) is 0 Å². The van der Waals surface area contributed by atoms with Crippen molar-refractivity contribution in [2.75, 3.05) is 0 Å². The number of hydrogen-bond donors (Lipinski definition) is 2. The van der Waals surface area contributed by atoms with Crippen molar-refractivity contribution >= 4 is 0 Å². The van der Waals surface area contributed by atoms with E-state index in [9.17, 15) is 0 Å². The molecule has 0 atom stereocenters. The van der Waals surface area contributed by atoms with Crippen LogP contribution in [-0.2, 0) is 9.98 Å². The number of hydrogen-bond acceptors (Lipinski definition) is 4. The van der Waals surface area contributed by atoms with Gasteiger partial charge in [-0.3, -0.25) is 0 Å². The molecular weight excluding hydrogens is 84.0 g/mol. The molecule has 6 heavy (non-hydrogen) atoms. The molecule has 0 aromatic heterocycles. The molecule has 0 bridgehead atoms. The first kappa shape index (κ1) is 4.01. The topological polar surface area (TPSA) is 42.5 Å². The lowest BCUT2D eigenvalue weighted by atomic mass is 10.7. The molecule has 0 saturated carbocycles. The Morgan fingerprint density at radius 2 is 1.83 bits per heavy atom. The van der Waals surface area contributed by atoms with Gasteiger partial charge >= 0.3 is 0 Å². The van der Waals surface area contributed by atoms with Crippen LogP contribution >= 0.6 is 0 Å². The molecule has 0 amide bonds. The highest BCUT2D eigenvalue weighted by Crippen LogP contribution is 1.82. The van der Waals surface area contributed by atoms with E-state index in [4.69, 9.17) is 0 Å². The van der Waals surface area contributed by atoms with Gasteiger partial charge in [0, 0.05) is 0 Å². The van der Waals surface area contributed by atoms with E-state index in [0.717, 1.165) is 0 Å². The molecule has 0 radical (unpaired) electrons.